The second-order valence-electron chi connectivity index (χ2n) is 6.70. The fraction of sp³-hybridized carbons (Fsp3) is 0.240. The first-order valence-corrected chi connectivity index (χ1v) is 9.34. The van der Waals surface area contributed by atoms with Crippen molar-refractivity contribution in [1.29, 1.82) is 5.26 Å². The summed E-state index contributed by atoms with van der Waals surface area (Å²) in [6, 6.07) is 2.14. The van der Waals surface area contributed by atoms with Crippen molar-refractivity contribution >= 4 is 0 Å². The highest BCUT2D eigenvalue weighted by Crippen LogP contribution is 2.33. The van der Waals surface area contributed by atoms with Crippen LogP contribution in [0.1, 0.15) is 19.3 Å². The molecule has 0 aliphatic heterocycles. The fourth-order valence-electron chi connectivity index (χ4n) is 2.98. The van der Waals surface area contributed by atoms with Gasteiger partial charge in [-0.05, 0) is 42.1 Å². The molecule has 2 unspecified atom stereocenters. The molecule has 2 aliphatic carbocycles. The van der Waals surface area contributed by atoms with Crippen LogP contribution in [0.3, 0.4) is 0 Å². The number of allylic oxidation sites excluding steroid dienone is 16. The van der Waals surface area contributed by atoms with Crippen molar-refractivity contribution in [2.75, 3.05) is 0 Å². The van der Waals surface area contributed by atoms with Crippen LogP contribution >= 0.6 is 0 Å². The minimum atomic E-state index is -1.53. The first kappa shape index (κ1) is 21.3. The Morgan fingerprint density at radius 3 is 2.75 bits per heavy atom. The molecule has 0 amide bonds. The van der Waals surface area contributed by atoms with Gasteiger partial charge in [-0.15, -0.1) is 6.58 Å². The predicted molar refractivity (Wildman–Crippen MR) is 113 cm³/mol. The molecule has 0 bridgehead atoms. The molecule has 0 saturated carbocycles. The molecule has 0 N–H and O–H groups in total. The predicted octanol–water partition coefficient (Wildman–Crippen LogP) is 6.95. The molecule has 144 valence electrons. The van der Waals surface area contributed by atoms with Gasteiger partial charge in [-0.1, -0.05) is 73.4 Å². The second-order valence-corrected chi connectivity index (χ2v) is 6.70. The largest absolute Gasteiger partial charge is 0.242 e. The molecule has 28 heavy (non-hydrogen) atoms. The summed E-state index contributed by atoms with van der Waals surface area (Å²) in [5, 5.41) is 8.97. The van der Waals surface area contributed by atoms with Gasteiger partial charge in [0.2, 0.25) is 0 Å². The van der Waals surface area contributed by atoms with E-state index in [1.165, 1.54) is 6.08 Å². The average molecular weight is 377 g/mol. The summed E-state index contributed by atoms with van der Waals surface area (Å²) in [6.07, 6.45) is 21.2. The van der Waals surface area contributed by atoms with Crippen LogP contribution in [0, 0.1) is 23.2 Å². The van der Waals surface area contributed by atoms with Gasteiger partial charge < -0.3 is 0 Å². The van der Waals surface area contributed by atoms with E-state index in [1.54, 1.807) is 18.2 Å². The summed E-state index contributed by atoms with van der Waals surface area (Å²) in [4.78, 5) is 0. The lowest BCUT2D eigenvalue weighted by molar-refractivity contribution is 0.309. The Kier molecular flexibility index (Phi) is 8.37. The van der Waals surface area contributed by atoms with Crippen LogP contribution in [-0.2, 0) is 0 Å². The van der Waals surface area contributed by atoms with Crippen molar-refractivity contribution in [1.82, 2.24) is 0 Å². The molecule has 2 aliphatic rings. The minimum absolute atomic E-state index is 0.244. The molecule has 1 nitrogen and oxygen atoms in total. The number of nitrogens with zero attached hydrogens (tertiary/aromatic N) is 1. The molecular weight excluding hydrogens is 352 g/mol. The zero-order valence-corrected chi connectivity index (χ0v) is 15.9. The lowest BCUT2D eigenvalue weighted by Gasteiger charge is -2.21. The Labute approximate surface area is 166 Å². The van der Waals surface area contributed by atoms with Crippen molar-refractivity contribution in [3.63, 3.8) is 0 Å². The Balaban J connectivity index is 2.19. The van der Waals surface area contributed by atoms with Gasteiger partial charge in [0.25, 0.3) is 0 Å². The first-order valence-electron chi connectivity index (χ1n) is 9.34. The number of hydrogen-bond donors (Lipinski definition) is 0. The number of nitriles is 1. The SMILES string of the molecule is C=CC(F)[C@@H](C1=CCC(C#N)C=C1)/C(F)=C\CC1=C/C/C=C\C=C/C(=C)/C=C\1. The van der Waals surface area contributed by atoms with Crippen LogP contribution in [0.15, 0.2) is 109 Å². The van der Waals surface area contributed by atoms with Gasteiger partial charge in [-0.3, -0.25) is 0 Å². The van der Waals surface area contributed by atoms with E-state index in [4.69, 9.17) is 5.26 Å². The van der Waals surface area contributed by atoms with Crippen LogP contribution in [0.5, 0.6) is 0 Å². The first-order chi connectivity index (χ1) is 13.5. The lowest BCUT2D eigenvalue weighted by atomic mass is 9.86. The van der Waals surface area contributed by atoms with Gasteiger partial charge in [0, 0.05) is 0 Å². The Hall–Kier alpha value is -2.99. The summed E-state index contributed by atoms with van der Waals surface area (Å²) in [6.45, 7) is 7.40. The van der Waals surface area contributed by atoms with Gasteiger partial charge in [-0.2, -0.15) is 5.26 Å². The quantitative estimate of drug-likeness (QED) is 0.459. The molecule has 0 aromatic rings. The van der Waals surface area contributed by atoms with Crippen LogP contribution < -0.4 is 0 Å². The van der Waals surface area contributed by atoms with Gasteiger partial charge >= 0.3 is 0 Å². The molecular formula is C25H25F2N. The Morgan fingerprint density at radius 2 is 2.07 bits per heavy atom. The summed E-state index contributed by atoms with van der Waals surface area (Å²) in [5.74, 6) is -1.80. The smallest absolute Gasteiger partial charge is 0.131 e. The highest BCUT2D eigenvalue weighted by atomic mass is 19.1. The van der Waals surface area contributed by atoms with Crippen LogP contribution in [0.25, 0.3) is 0 Å². The topological polar surface area (TPSA) is 23.8 Å². The van der Waals surface area contributed by atoms with E-state index in [1.807, 2.05) is 42.5 Å². The molecule has 0 aromatic carbocycles. The molecule has 0 fully saturated rings. The van der Waals surface area contributed by atoms with Gasteiger partial charge in [0.15, 0.2) is 0 Å². The molecule has 0 radical (unpaired) electrons. The zero-order valence-electron chi connectivity index (χ0n) is 15.9. The van der Waals surface area contributed by atoms with Gasteiger partial charge in [0.05, 0.1) is 17.9 Å². The highest BCUT2D eigenvalue weighted by molar-refractivity contribution is 5.38. The Morgan fingerprint density at radius 1 is 1.25 bits per heavy atom. The van der Waals surface area contributed by atoms with Crippen molar-refractivity contribution in [3.05, 3.63) is 109 Å². The Bertz CT molecular complexity index is 840. The number of halogens is 2. The summed E-state index contributed by atoms with van der Waals surface area (Å²) in [5.41, 5.74) is 2.33. The molecule has 0 heterocycles. The van der Waals surface area contributed by atoms with E-state index in [0.717, 1.165) is 23.6 Å². The highest BCUT2D eigenvalue weighted by Gasteiger charge is 2.27. The fourth-order valence-corrected chi connectivity index (χ4v) is 2.98. The number of hydrogen-bond acceptors (Lipinski definition) is 1. The van der Waals surface area contributed by atoms with E-state index in [-0.39, 0.29) is 5.92 Å². The van der Waals surface area contributed by atoms with E-state index in [0.29, 0.717) is 18.4 Å². The molecule has 3 atom stereocenters. The van der Waals surface area contributed by atoms with Crippen LogP contribution in [0.4, 0.5) is 8.78 Å². The summed E-state index contributed by atoms with van der Waals surface area (Å²) < 4.78 is 29.4. The molecule has 2 rings (SSSR count). The zero-order chi connectivity index (χ0) is 20.4. The summed E-state index contributed by atoms with van der Waals surface area (Å²) in [7, 11) is 0. The van der Waals surface area contributed by atoms with Crippen molar-refractivity contribution in [2.45, 2.75) is 25.4 Å². The third-order valence-electron chi connectivity index (χ3n) is 4.61. The molecule has 0 spiro atoms. The monoisotopic (exact) mass is 377 g/mol. The van der Waals surface area contributed by atoms with E-state index >= 15 is 0 Å². The van der Waals surface area contributed by atoms with Gasteiger partial charge in [-0.25, -0.2) is 8.78 Å². The number of rotatable bonds is 6. The van der Waals surface area contributed by atoms with E-state index < -0.39 is 17.9 Å². The third kappa shape index (κ3) is 6.32. The molecule has 0 saturated heterocycles. The second kappa shape index (κ2) is 11.0. The van der Waals surface area contributed by atoms with Crippen molar-refractivity contribution in [3.8, 4) is 6.07 Å². The van der Waals surface area contributed by atoms with E-state index in [9.17, 15) is 8.78 Å². The third-order valence-corrected chi connectivity index (χ3v) is 4.61. The maximum absolute atomic E-state index is 15.0. The number of alkyl halides is 1. The lowest BCUT2D eigenvalue weighted by Crippen LogP contribution is -2.18. The summed E-state index contributed by atoms with van der Waals surface area (Å²) >= 11 is 0. The molecule has 3 heteroatoms. The normalized spacial score (nSPS) is 27.4. The van der Waals surface area contributed by atoms with Crippen molar-refractivity contribution < 1.29 is 8.78 Å². The standard InChI is InChI=1S/C25H25F2N/c1-3-23(26)25(22-15-12-21(18-28)13-16-22)24(27)17-14-20-9-7-5-4-6-8-19(2)10-11-20/h3-6,8-12,15-17,21,23,25H,1-2,7,13-14H2/b5-4-,8-6-,11-10-,20-9+,24-17+/t21?,23?,25-/m1/s1. The van der Waals surface area contributed by atoms with Crippen LogP contribution in [-0.4, -0.2) is 6.17 Å². The molecule has 0 aromatic heterocycles. The average Bonchev–Trinajstić information content (AvgIpc) is 2.72. The van der Waals surface area contributed by atoms with Gasteiger partial charge in [0.1, 0.15) is 12.0 Å². The van der Waals surface area contributed by atoms with Crippen LogP contribution in [0.2, 0.25) is 0 Å². The van der Waals surface area contributed by atoms with E-state index in [2.05, 4.69) is 19.2 Å². The maximum atomic E-state index is 15.0. The van der Waals surface area contributed by atoms with Crippen molar-refractivity contribution in [2.24, 2.45) is 11.8 Å². The minimum Gasteiger partial charge on any atom is -0.242 e. The maximum Gasteiger partial charge on any atom is 0.131 e.